The molecule has 0 saturated carbocycles. The minimum atomic E-state index is -1.08. The topological polar surface area (TPSA) is 71.1 Å². The zero-order valence-corrected chi connectivity index (χ0v) is 22.3. The van der Waals surface area contributed by atoms with Crippen molar-refractivity contribution in [3.05, 3.63) is 89.5 Å². The first-order valence-corrected chi connectivity index (χ1v) is 12.7. The zero-order chi connectivity index (χ0) is 26.8. The third-order valence-electron chi connectivity index (χ3n) is 5.82. The number of esters is 1. The van der Waals surface area contributed by atoms with Crippen LogP contribution < -0.4 is 14.2 Å². The molecule has 0 aromatic heterocycles. The fourth-order valence-corrected chi connectivity index (χ4v) is 3.69. The number of hydrogen-bond acceptors (Lipinski definition) is 6. The molecule has 37 heavy (non-hydrogen) atoms. The molecule has 0 bridgehead atoms. The molecule has 0 aliphatic rings. The molecule has 0 fully saturated rings. The second-order valence-electron chi connectivity index (χ2n) is 9.25. The Labute approximate surface area is 219 Å². The first kappa shape index (κ1) is 27.8. The summed E-state index contributed by atoms with van der Waals surface area (Å²) in [6.07, 6.45) is 1.30. The van der Waals surface area contributed by atoms with E-state index in [2.05, 4.69) is 6.92 Å². The average Bonchev–Trinajstić information content (AvgIpc) is 2.90. The van der Waals surface area contributed by atoms with Crippen molar-refractivity contribution in [1.82, 2.24) is 0 Å². The second kappa shape index (κ2) is 12.9. The summed E-state index contributed by atoms with van der Waals surface area (Å²) < 4.78 is 22.9. The van der Waals surface area contributed by atoms with E-state index < -0.39 is 11.6 Å². The third kappa shape index (κ3) is 7.84. The standard InChI is InChI=1S/C31H36O6/c1-6-23-13-18-28(27(21-23)29(32)24-11-9-8-10-12-24)36-22(3)19-20-35-25-14-16-26(17-15-25)37-31(4,5)30(33)34-7-2/h8-18,21-22H,6-7,19-20H2,1-5H3. The van der Waals surface area contributed by atoms with E-state index in [9.17, 15) is 9.59 Å². The van der Waals surface area contributed by atoms with Gasteiger partial charge in [0.25, 0.3) is 0 Å². The summed E-state index contributed by atoms with van der Waals surface area (Å²) in [5.41, 5.74) is 1.20. The number of aryl methyl sites for hydroxylation is 1. The molecule has 0 amide bonds. The normalized spacial score (nSPS) is 11.9. The van der Waals surface area contributed by atoms with E-state index in [-0.39, 0.29) is 11.9 Å². The van der Waals surface area contributed by atoms with E-state index in [4.69, 9.17) is 18.9 Å². The van der Waals surface area contributed by atoms with Gasteiger partial charge in [-0.3, -0.25) is 4.79 Å². The van der Waals surface area contributed by atoms with Crippen LogP contribution in [0.25, 0.3) is 0 Å². The van der Waals surface area contributed by atoms with Crippen LogP contribution in [0.4, 0.5) is 0 Å². The van der Waals surface area contributed by atoms with E-state index in [1.165, 1.54) is 0 Å². The van der Waals surface area contributed by atoms with Crippen LogP contribution in [0.3, 0.4) is 0 Å². The summed E-state index contributed by atoms with van der Waals surface area (Å²) >= 11 is 0. The van der Waals surface area contributed by atoms with Gasteiger partial charge in [-0.05, 0) is 76.1 Å². The number of ketones is 1. The van der Waals surface area contributed by atoms with E-state index in [0.29, 0.717) is 48.0 Å². The van der Waals surface area contributed by atoms with Gasteiger partial charge >= 0.3 is 5.97 Å². The molecule has 0 spiro atoms. The first-order chi connectivity index (χ1) is 17.7. The molecular formula is C31H36O6. The highest BCUT2D eigenvalue weighted by atomic mass is 16.6. The molecule has 1 atom stereocenters. The second-order valence-corrected chi connectivity index (χ2v) is 9.25. The van der Waals surface area contributed by atoms with Crippen LogP contribution >= 0.6 is 0 Å². The highest BCUT2D eigenvalue weighted by Gasteiger charge is 2.31. The summed E-state index contributed by atoms with van der Waals surface area (Å²) in [6.45, 7) is 9.86. The van der Waals surface area contributed by atoms with Crippen LogP contribution in [0.2, 0.25) is 0 Å². The Hall–Kier alpha value is -3.80. The lowest BCUT2D eigenvalue weighted by atomic mass is 9.99. The smallest absolute Gasteiger partial charge is 0.349 e. The van der Waals surface area contributed by atoms with E-state index in [0.717, 1.165) is 12.0 Å². The van der Waals surface area contributed by atoms with E-state index in [1.807, 2.05) is 55.5 Å². The number of benzene rings is 3. The van der Waals surface area contributed by atoms with Gasteiger partial charge < -0.3 is 18.9 Å². The molecule has 0 aliphatic heterocycles. The molecule has 0 radical (unpaired) electrons. The van der Waals surface area contributed by atoms with Crippen molar-refractivity contribution in [1.29, 1.82) is 0 Å². The predicted molar refractivity (Wildman–Crippen MR) is 144 cm³/mol. The number of ether oxygens (including phenoxy) is 4. The Kier molecular flexibility index (Phi) is 9.72. The lowest BCUT2D eigenvalue weighted by Gasteiger charge is -2.24. The number of carbonyl (C=O) groups is 2. The van der Waals surface area contributed by atoms with Gasteiger partial charge in [0, 0.05) is 12.0 Å². The molecule has 3 aromatic rings. The average molecular weight is 505 g/mol. The van der Waals surface area contributed by atoms with Gasteiger partial charge in [-0.25, -0.2) is 4.79 Å². The minimum Gasteiger partial charge on any atom is -0.493 e. The van der Waals surface area contributed by atoms with Gasteiger partial charge in [0.15, 0.2) is 11.4 Å². The number of hydrogen-bond donors (Lipinski definition) is 0. The SMILES string of the molecule is CCOC(=O)C(C)(C)Oc1ccc(OCCC(C)Oc2ccc(CC)cc2C(=O)c2ccccc2)cc1. The van der Waals surface area contributed by atoms with Gasteiger partial charge in [0.1, 0.15) is 17.2 Å². The van der Waals surface area contributed by atoms with Crippen molar-refractivity contribution in [2.75, 3.05) is 13.2 Å². The molecule has 3 aromatic carbocycles. The largest absolute Gasteiger partial charge is 0.493 e. The Bertz CT molecular complexity index is 1170. The number of carbonyl (C=O) groups excluding carboxylic acids is 2. The Morgan fingerprint density at radius 1 is 0.892 bits per heavy atom. The molecule has 6 heteroatoms. The van der Waals surface area contributed by atoms with Crippen LogP contribution in [0.5, 0.6) is 17.2 Å². The van der Waals surface area contributed by atoms with Gasteiger partial charge in [-0.1, -0.05) is 43.3 Å². The summed E-state index contributed by atoms with van der Waals surface area (Å²) in [5, 5.41) is 0. The highest BCUT2D eigenvalue weighted by Crippen LogP contribution is 2.26. The van der Waals surface area contributed by atoms with Gasteiger partial charge in [0.2, 0.25) is 0 Å². The third-order valence-corrected chi connectivity index (χ3v) is 5.82. The molecule has 0 heterocycles. The monoisotopic (exact) mass is 504 g/mol. The fourth-order valence-electron chi connectivity index (χ4n) is 3.69. The maximum atomic E-state index is 13.2. The molecule has 196 valence electrons. The minimum absolute atomic E-state index is 0.0530. The molecule has 0 N–H and O–H groups in total. The van der Waals surface area contributed by atoms with Crippen molar-refractivity contribution < 1.29 is 28.5 Å². The summed E-state index contributed by atoms with van der Waals surface area (Å²) in [5.74, 6) is 1.34. The zero-order valence-electron chi connectivity index (χ0n) is 22.3. The molecule has 0 aliphatic carbocycles. The van der Waals surface area contributed by atoms with Crippen LogP contribution in [0.1, 0.15) is 62.5 Å². The number of rotatable bonds is 13. The molecule has 1 unspecified atom stereocenters. The van der Waals surface area contributed by atoms with Gasteiger partial charge in [0.05, 0.1) is 24.9 Å². The Morgan fingerprint density at radius 3 is 2.22 bits per heavy atom. The lowest BCUT2D eigenvalue weighted by Crippen LogP contribution is -2.39. The lowest BCUT2D eigenvalue weighted by molar-refractivity contribution is -0.158. The maximum Gasteiger partial charge on any atom is 0.349 e. The Morgan fingerprint density at radius 2 is 1.57 bits per heavy atom. The predicted octanol–water partition coefficient (Wildman–Crippen LogP) is 6.44. The fraction of sp³-hybridized carbons (Fsp3) is 0.355. The molecule has 6 nitrogen and oxygen atoms in total. The summed E-state index contributed by atoms with van der Waals surface area (Å²) in [4.78, 5) is 25.2. The van der Waals surface area contributed by atoms with Crippen molar-refractivity contribution in [3.8, 4) is 17.2 Å². The van der Waals surface area contributed by atoms with E-state index in [1.54, 1.807) is 45.0 Å². The quantitative estimate of drug-likeness (QED) is 0.197. The summed E-state index contributed by atoms with van der Waals surface area (Å²) in [7, 11) is 0. The maximum absolute atomic E-state index is 13.2. The van der Waals surface area contributed by atoms with Gasteiger partial charge in [-0.15, -0.1) is 0 Å². The van der Waals surface area contributed by atoms with Crippen LogP contribution in [0, 0.1) is 0 Å². The first-order valence-electron chi connectivity index (χ1n) is 12.7. The van der Waals surface area contributed by atoms with Crippen molar-refractivity contribution >= 4 is 11.8 Å². The molecular weight excluding hydrogens is 468 g/mol. The van der Waals surface area contributed by atoms with Gasteiger partial charge in [-0.2, -0.15) is 0 Å². The van der Waals surface area contributed by atoms with Crippen LogP contribution in [-0.2, 0) is 16.0 Å². The molecule has 0 saturated heterocycles. The van der Waals surface area contributed by atoms with Crippen molar-refractivity contribution in [2.24, 2.45) is 0 Å². The molecule has 3 rings (SSSR count). The van der Waals surface area contributed by atoms with Crippen molar-refractivity contribution in [3.63, 3.8) is 0 Å². The van der Waals surface area contributed by atoms with Crippen LogP contribution in [0.15, 0.2) is 72.8 Å². The van der Waals surface area contributed by atoms with E-state index >= 15 is 0 Å². The Balaban J connectivity index is 1.56. The highest BCUT2D eigenvalue weighted by molar-refractivity contribution is 6.10. The summed E-state index contributed by atoms with van der Waals surface area (Å²) in [6, 6.07) is 22.1. The van der Waals surface area contributed by atoms with Crippen molar-refractivity contribution in [2.45, 2.75) is 59.2 Å². The van der Waals surface area contributed by atoms with Crippen LogP contribution in [-0.4, -0.2) is 36.7 Å².